The first-order chi connectivity index (χ1) is 12.6. The Kier molecular flexibility index (Phi) is 4.94. The molecular weight excluding hydrogens is 330 g/mol. The molecule has 26 heavy (non-hydrogen) atoms. The number of ether oxygens (including phenoxy) is 1. The van der Waals surface area contributed by atoms with Crippen molar-refractivity contribution in [2.75, 3.05) is 7.11 Å². The van der Waals surface area contributed by atoms with Crippen molar-refractivity contribution < 1.29 is 9.53 Å². The molecule has 3 aromatic rings. The highest BCUT2D eigenvalue weighted by atomic mass is 16.5. The molecule has 0 radical (unpaired) electrons. The van der Waals surface area contributed by atoms with Crippen LogP contribution in [0.1, 0.15) is 27.8 Å². The molecule has 1 aromatic heterocycles. The van der Waals surface area contributed by atoms with Gasteiger partial charge in [0.15, 0.2) is 5.82 Å². The van der Waals surface area contributed by atoms with Crippen molar-refractivity contribution in [1.82, 2.24) is 20.5 Å². The zero-order chi connectivity index (χ0) is 18.5. The summed E-state index contributed by atoms with van der Waals surface area (Å²) in [5.41, 5.74) is 1.74. The van der Waals surface area contributed by atoms with Gasteiger partial charge in [0, 0.05) is 16.7 Å². The van der Waals surface area contributed by atoms with Crippen LogP contribution in [0.4, 0.5) is 0 Å². The molecule has 0 aliphatic rings. The molecule has 0 saturated heterocycles. The lowest BCUT2D eigenvalue weighted by Gasteiger charge is -2.15. The molecule has 130 valence electrons. The number of nitriles is 1. The predicted molar refractivity (Wildman–Crippen MR) is 95.4 cm³/mol. The number of aromatic amines is 1. The van der Waals surface area contributed by atoms with Crippen molar-refractivity contribution in [3.8, 4) is 23.2 Å². The van der Waals surface area contributed by atoms with Crippen LogP contribution in [0.15, 0.2) is 48.5 Å². The summed E-state index contributed by atoms with van der Waals surface area (Å²) in [6.45, 7) is 1.80. The second-order valence-corrected chi connectivity index (χ2v) is 5.60. The van der Waals surface area contributed by atoms with Gasteiger partial charge in [-0.15, -0.1) is 0 Å². The van der Waals surface area contributed by atoms with Crippen molar-refractivity contribution in [3.63, 3.8) is 0 Å². The number of nitrogens with zero attached hydrogens (tertiary/aromatic N) is 3. The third-order valence-corrected chi connectivity index (χ3v) is 3.83. The molecule has 7 nitrogen and oxygen atoms in total. The van der Waals surface area contributed by atoms with Gasteiger partial charge in [0.05, 0.1) is 13.2 Å². The normalized spacial score (nSPS) is 11.4. The van der Waals surface area contributed by atoms with Crippen LogP contribution in [0.3, 0.4) is 0 Å². The number of amides is 1. The van der Waals surface area contributed by atoms with Gasteiger partial charge >= 0.3 is 0 Å². The lowest BCUT2D eigenvalue weighted by molar-refractivity contribution is 0.0945. The van der Waals surface area contributed by atoms with Crippen molar-refractivity contribution in [3.05, 3.63) is 65.5 Å². The van der Waals surface area contributed by atoms with Crippen molar-refractivity contribution >= 4 is 5.91 Å². The Morgan fingerprint density at radius 3 is 2.77 bits per heavy atom. The zero-order valence-corrected chi connectivity index (χ0v) is 14.4. The Balaban J connectivity index is 1.84. The Morgan fingerprint density at radius 2 is 2.08 bits per heavy atom. The first-order valence-electron chi connectivity index (χ1n) is 7.95. The molecule has 7 heteroatoms. The number of aromatic nitrogens is 3. The van der Waals surface area contributed by atoms with Crippen molar-refractivity contribution in [2.24, 2.45) is 0 Å². The van der Waals surface area contributed by atoms with Gasteiger partial charge in [-0.25, -0.2) is 4.98 Å². The molecule has 1 amide bonds. The number of aryl methyl sites for hydroxylation is 1. The standard InChI is InChI=1S/C19H17N5O2/c1-12-21-18(24-23-12)13-6-5-7-14(10-13)19(25)22-16(11-20)15-8-3-4-9-17(15)26-2/h3-10,16H,1-2H3,(H,22,25)(H,21,23,24)/t16-/m0/s1. The third-order valence-electron chi connectivity index (χ3n) is 3.83. The number of carbonyl (C=O) groups excluding carboxylic acids is 1. The quantitative estimate of drug-likeness (QED) is 0.738. The van der Waals surface area contributed by atoms with Crippen molar-refractivity contribution in [2.45, 2.75) is 13.0 Å². The molecule has 1 heterocycles. The maximum Gasteiger partial charge on any atom is 0.252 e. The monoisotopic (exact) mass is 347 g/mol. The van der Waals surface area contributed by atoms with E-state index in [1.807, 2.05) is 6.07 Å². The highest BCUT2D eigenvalue weighted by molar-refractivity contribution is 5.95. The highest BCUT2D eigenvalue weighted by Gasteiger charge is 2.19. The molecule has 0 unspecified atom stereocenters. The average molecular weight is 347 g/mol. The van der Waals surface area contributed by atoms with Gasteiger partial charge < -0.3 is 10.1 Å². The van der Waals surface area contributed by atoms with E-state index >= 15 is 0 Å². The van der Waals surface area contributed by atoms with Gasteiger partial charge in [0.2, 0.25) is 0 Å². The minimum atomic E-state index is -0.826. The van der Waals surface area contributed by atoms with E-state index in [4.69, 9.17) is 4.74 Å². The molecule has 1 atom stereocenters. The van der Waals surface area contributed by atoms with E-state index < -0.39 is 6.04 Å². The zero-order valence-electron chi connectivity index (χ0n) is 14.4. The van der Waals surface area contributed by atoms with E-state index in [-0.39, 0.29) is 5.91 Å². The second-order valence-electron chi connectivity index (χ2n) is 5.60. The fourth-order valence-corrected chi connectivity index (χ4v) is 2.57. The predicted octanol–water partition coefficient (Wildman–Crippen LogP) is 2.78. The van der Waals surface area contributed by atoms with E-state index in [1.54, 1.807) is 49.4 Å². The maximum absolute atomic E-state index is 12.6. The summed E-state index contributed by atoms with van der Waals surface area (Å²) in [7, 11) is 1.53. The van der Waals surface area contributed by atoms with Gasteiger partial charge in [0.25, 0.3) is 5.91 Å². The molecule has 0 aliphatic heterocycles. The number of H-pyrrole nitrogens is 1. The van der Waals surface area contributed by atoms with E-state index in [2.05, 4.69) is 26.6 Å². The highest BCUT2D eigenvalue weighted by Crippen LogP contribution is 2.25. The van der Waals surface area contributed by atoms with Crippen LogP contribution >= 0.6 is 0 Å². The van der Waals surface area contributed by atoms with Crippen LogP contribution in [0.25, 0.3) is 11.4 Å². The minimum absolute atomic E-state index is 0.364. The summed E-state index contributed by atoms with van der Waals surface area (Å²) < 4.78 is 5.27. The first-order valence-corrected chi connectivity index (χ1v) is 7.95. The smallest absolute Gasteiger partial charge is 0.252 e. The number of rotatable bonds is 5. The average Bonchev–Trinajstić information content (AvgIpc) is 3.12. The number of methoxy groups -OCH3 is 1. The summed E-state index contributed by atoms with van der Waals surface area (Å²) in [4.78, 5) is 16.9. The number of hydrogen-bond donors (Lipinski definition) is 2. The van der Waals surface area contributed by atoms with Crippen LogP contribution in [0.5, 0.6) is 5.75 Å². The summed E-state index contributed by atoms with van der Waals surface area (Å²) in [6, 6.07) is 15.3. The molecule has 0 spiro atoms. The molecule has 0 bridgehead atoms. The number of nitrogens with one attached hydrogen (secondary N) is 2. The molecule has 2 aromatic carbocycles. The van der Waals surface area contributed by atoms with Crippen LogP contribution in [-0.4, -0.2) is 28.2 Å². The molecule has 2 N–H and O–H groups in total. The lowest BCUT2D eigenvalue weighted by Crippen LogP contribution is -2.27. The largest absolute Gasteiger partial charge is 0.496 e. The number of benzene rings is 2. The molecule has 0 saturated carbocycles. The van der Waals surface area contributed by atoms with Gasteiger partial charge in [-0.3, -0.25) is 9.89 Å². The van der Waals surface area contributed by atoms with E-state index in [9.17, 15) is 10.1 Å². The third kappa shape index (κ3) is 3.54. The fourth-order valence-electron chi connectivity index (χ4n) is 2.57. The molecule has 0 fully saturated rings. The fraction of sp³-hybridized carbons (Fsp3) is 0.158. The summed E-state index contributed by atoms with van der Waals surface area (Å²) in [5.74, 6) is 1.38. The molecule has 0 aliphatic carbocycles. The summed E-state index contributed by atoms with van der Waals surface area (Å²) in [5, 5.41) is 19.1. The Bertz CT molecular complexity index is 974. The second kappa shape index (κ2) is 7.49. The lowest BCUT2D eigenvalue weighted by atomic mass is 10.1. The number of para-hydroxylation sites is 1. The Morgan fingerprint density at radius 1 is 1.27 bits per heavy atom. The first kappa shape index (κ1) is 17.2. The van der Waals surface area contributed by atoms with E-state index in [1.165, 1.54) is 7.11 Å². The summed E-state index contributed by atoms with van der Waals surface area (Å²) >= 11 is 0. The van der Waals surface area contributed by atoms with Gasteiger partial charge in [0.1, 0.15) is 17.6 Å². The number of hydrogen-bond acceptors (Lipinski definition) is 5. The van der Waals surface area contributed by atoms with Crippen LogP contribution in [-0.2, 0) is 0 Å². The minimum Gasteiger partial charge on any atom is -0.496 e. The van der Waals surface area contributed by atoms with Crippen LogP contribution < -0.4 is 10.1 Å². The van der Waals surface area contributed by atoms with Crippen molar-refractivity contribution in [1.29, 1.82) is 5.26 Å². The van der Waals surface area contributed by atoms with E-state index in [0.717, 1.165) is 0 Å². The SMILES string of the molecule is COc1ccccc1[C@H](C#N)NC(=O)c1cccc(-c2n[nH]c(C)n2)c1. The Hall–Kier alpha value is -3.66. The van der Waals surface area contributed by atoms with E-state index in [0.29, 0.717) is 34.1 Å². The van der Waals surface area contributed by atoms with Gasteiger partial charge in [-0.2, -0.15) is 10.4 Å². The number of carbonyl (C=O) groups is 1. The summed E-state index contributed by atoms with van der Waals surface area (Å²) in [6.07, 6.45) is 0. The van der Waals surface area contributed by atoms with Gasteiger partial charge in [-0.1, -0.05) is 30.3 Å². The maximum atomic E-state index is 12.6. The van der Waals surface area contributed by atoms with Gasteiger partial charge in [-0.05, 0) is 25.1 Å². The Labute approximate surface area is 150 Å². The van der Waals surface area contributed by atoms with Crippen LogP contribution in [0.2, 0.25) is 0 Å². The molecular formula is C19H17N5O2. The van der Waals surface area contributed by atoms with Crippen LogP contribution in [0, 0.1) is 18.3 Å². The molecule has 3 rings (SSSR count). The topological polar surface area (TPSA) is 104 Å².